The minimum Gasteiger partial charge on any atom is -0.490 e. The van der Waals surface area contributed by atoms with E-state index >= 15 is 0 Å². The SMILES string of the molecule is CCOc1cc(CNc2ncnc3c2cnn3C)ccc1OC(F)F. The molecule has 0 amide bonds. The van der Waals surface area contributed by atoms with Crippen molar-refractivity contribution in [1.82, 2.24) is 19.7 Å². The Morgan fingerprint density at radius 2 is 2.08 bits per heavy atom. The summed E-state index contributed by atoms with van der Waals surface area (Å²) in [5, 5.41) is 8.15. The van der Waals surface area contributed by atoms with Crippen molar-refractivity contribution >= 4 is 16.9 Å². The van der Waals surface area contributed by atoms with Crippen LogP contribution < -0.4 is 14.8 Å². The van der Waals surface area contributed by atoms with Gasteiger partial charge in [0, 0.05) is 13.6 Å². The minimum absolute atomic E-state index is 0.0114. The van der Waals surface area contributed by atoms with Crippen LogP contribution in [0.2, 0.25) is 0 Å². The molecule has 0 atom stereocenters. The first-order valence-corrected chi connectivity index (χ1v) is 7.65. The van der Waals surface area contributed by atoms with Crippen molar-refractivity contribution in [1.29, 1.82) is 0 Å². The lowest BCUT2D eigenvalue weighted by atomic mass is 10.2. The first-order valence-electron chi connectivity index (χ1n) is 7.65. The van der Waals surface area contributed by atoms with E-state index in [2.05, 4.69) is 25.1 Å². The Bertz CT molecular complexity index is 869. The number of hydrogen-bond donors (Lipinski definition) is 1. The van der Waals surface area contributed by atoms with Crippen LogP contribution in [0.5, 0.6) is 11.5 Å². The lowest BCUT2D eigenvalue weighted by Gasteiger charge is -2.13. The Morgan fingerprint density at radius 1 is 1.24 bits per heavy atom. The summed E-state index contributed by atoms with van der Waals surface area (Å²) in [5.41, 5.74) is 1.55. The third-order valence-electron chi connectivity index (χ3n) is 3.51. The van der Waals surface area contributed by atoms with Crippen molar-refractivity contribution < 1.29 is 18.3 Å². The molecular weight excluding hydrogens is 332 g/mol. The van der Waals surface area contributed by atoms with Crippen molar-refractivity contribution in [3.63, 3.8) is 0 Å². The first kappa shape index (κ1) is 16.9. The standard InChI is InChI=1S/C16H17F2N5O2/c1-3-24-13-6-10(4-5-12(13)25-16(17)18)7-19-14-11-8-22-23(2)15(11)21-9-20-14/h4-6,8-9,16H,3,7H2,1-2H3,(H,19,20,21). The number of hydrogen-bond acceptors (Lipinski definition) is 6. The van der Waals surface area contributed by atoms with E-state index in [9.17, 15) is 8.78 Å². The summed E-state index contributed by atoms with van der Waals surface area (Å²) in [6, 6.07) is 4.82. The van der Waals surface area contributed by atoms with Crippen LogP contribution in [0.3, 0.4) is 0 Å². The van der Waals surface area contributed by atoms with Crippen LogP contribution in [-0.4, -0.2) is 33.0 Å². The van der Waals surface area contributed by atoms with E-state index < -0.39 is 6.61 Å². The summed E-state index contributed by atoms with van der Waals surface area (Å²) in [4.78, 5) is 8.40. The average molecular weight is 349 g/mol. The quantitative estimate of drug-likeness (QED) is 0.707. The Labute approximate surface area is 142 Å². The second kappa shape index (κ2) is 7.29. The smallest absolute Gasteiger partial charge is 0.387 e. The fourth-order valence-corrected chi connectivity index (χ4v) is 2.41. The third kappa shape index (κ3) is 3.76. The van der Waals surface area contributed by atoms with Crippen LogP contribution in [0.4, 0.5) is 14.6 Å². The van der Waals surface area contributed by atoms with Crippen molar-refractivity contribution in [2.45, 2.75) is 20.1 Å². The van der Waals surface area contributed by atoms with Gasteiger partial charge in [-0.3, -0.25) is 4.68 Å². The van der Waals surface area contributed by atoms with Gasteiger partial charge in [0.15, 0.2) is 17.1 Å². The van der Waals surface area contributed by atoms with Gasteiger partial charge in [-0.1, -0.05) is 6.07 Å². The first-order chi connectivity index (χ1) is 12.1. The third-order valence-corrected chi connectivity index (χ3v) is 3.51. The number of alkyl halides is 2. The molecular formula is C16H17F2N5O2. The number of benzene rings is 1. The highest BCUT2D eigenvalue weighted by Gasteiger charge is 2.12. The number of halogens is 2. The van der Waals surface area contributed by atoms with E-state index in [0.29, 0.717) is 24.6 Å². The second-order valence-corrected chi connectivity index (χ2v) is 5.17. The fourth-order valence-electron chi connectivity index (χ4n) is 2.41. The zero-order valence-electron chi connectivity index (χ0n) is 13.7. The number of aryl methyl sites for hydroxylation is 1. The summed E-state index contributed by atoms with van der Waals surface area (Å²) in [6.45, 7) is -0.352. The Kier molecular flexibility index (Phi) is 4.92. The largest absolute Gasteiger partial charge is 0.490 e. The molecule has 3 rings (SSSR count). The summed E-state index contributed by atoms with van der Waals surface area (Å²) in [5.74, 6) is 0.928. The van der Waals surface area contributed by atoms with Crippen molar-refractivity contribution in [3.05, 3.63) is 36.3 Å². The van der Waals surface area contributed by atoms with Crippen molar-refractivity contribution in [2.75, 3.05) is 11.9 Å². The number of aromatic nitrogens is 4. The molecule has 9 heteroatoms. The molecule has 0 bridgehead atoms. The van der Waals surface area contributed by atoms with Crippen LogP contribution in [-0.2, 0) is 13.6 Å². The molecule has 132 valence electrons. The monoisotopic (exact) mass is 349 g/mol. The van der Waals surface area contributed by atoms with Gasteiger partial charge in [0.25, 0.3) is 0 Å². The van der Waals surface area contributed by atoms with E-state index in [4.69, 9.17) is 4.74 Å². The second-order valence-electron chi connectivity index (χ2n) is 5.17. The van der Waals surface area contributed by atoms with Crippen LogP contribution in [0.15, 0.2) is 30.7 Å². The van der Waals surface area contributed by atoms with Crippen molar-refractivity contribution in [3.8, 4) is 11.5 Å². The van der Waals surface area contributed by atoms with Gasteiger partial charge >= 0.3 is 6.61 Å². The van der Waals surface area contributed by atoms with E-state index in [1.54, 1.807) is 37.0 Å². The fraction of sp³-hybridized carbons (Fsp3) is 0.312. The zero-order chi connectivity index (χ0) is 17.8. The molecule has 0 spiro atoms. The number of nitrogens with one attached hydrogen (secondary N) is 1. The summed E-state index contributed by atoms with van der Waals surface area (Å²) in [7, 11) is 1.80. The highest BCUT2D eigenvalue weighted by atomic mass is 19.3. The number of nitrogens with zero attached hydrogens (tertiary/aromatic N) is 4. The van der Waals surface area contributed by atoms with Crippen LogP contribution in [0.25, 0.3) is 11.0 Å². The zero-order valence-corrected chi connectivity index (χ0v) is 13.7. The predicted molar refractivity (Wildman–Crippen MR) is 87.9 cm³/mol. The van der Waals surface area contributed by atoms with E-state index in [0.717, 1.165) is 10.9 Å². The van der Waals surface area contributed by atoms with Gasteiger partial charge < -0.3 is 14.8 Å². The van der Waals surface area contributed by atoms with Gasteiger partial charge in [0.2, 0.25) is 0 Å². The minimum atomic E-state index is -2.90. The highest BCUT2D eigenvalue weighted by Crippen LogP contribution is 2.30. The van der Waals surface area contributed by atoms with E-state index in [1.165, 1.54) is 12.4 Å². The maximum atomic E-state index is 12.4. The van der Waals surface area contributed by atoms with Gasteiger partial charge in [-0.05, 0) is 24.6 Å². The molecule has 0 radical (unpaired) electrons. The molecule has 0 aliphatic heterocycles. The van der Waals surface area contributed by atoms with Crippen LogP contribution in [0, 0.1) is 0 Å². The summed E-state index contributed by atoms with van der Waals surface area (Å²) < 4.78 is 36.4. The van der Waals surface area contributed by atoms with Crippen LogP contribution >= 0.6 is 0 Å². The molecule has 3 aromatic rings. The summed E-state index contributed by atoms with van der Waals surface area (Å²) in [6.07, 6.45) is 3.14. The van der Waals surface area contributed by atoms with E-state index in [-0.39, 0.29) is 11.5 Å². The molecule has 25 heavy (non-hydrogen) atoms. The van der Waals surface area contributed by atoms with Gasteiger partial charge in [0.05, 0.1) is 18.2 Å². The molecule has 0 saturated carbocycles. The van der Waals surface area contributed by atoms with Gasteiger partial charge in [0.1, 0.15) is 12.1 Å². The van der Waals surface area contributed by atoms with Gasteiger partial charge in [-0.2, -0.15) is 13.9 Å². The Balaban J connectivity index is 1.79. The molecule has 0 aliphatic rings. The van der Waals surface area contributed by atoms with E-state index in [1.807, 2.05) is 0 Å². The number of ether oxygens (including phenoxy) is 2. The summed E-state index contributed by atoms with van der Waals surface area (Å²) >= 11 is 0. The maximum absolute atomic E-state index is 12.4. The number of anilines is 1. The normalized spacial score (nSPS) is 11.1. The molecule has 7 nitrogen and oxygen atoms in total. The topological polar surface area (TPSA) is 74.1 Å². The molecule has 2 aromatic heterocycles. The van der Waals surface area contributed by atoms with Gasteiger partial charge in [-0.15, -0.1) is 0 Å². The Hall–Kier alpha value is -2.97. The predicted octanol–water partition coefficient (Wildman–Crippen LogP) is 2.98. The average Bonchev–Trinajstić information content (AvgIpc) is 2.97. The molecule has 0 unspecified atom stereocenters. The highest BCUT2D eigenvalue weighted by molar-refractivity contribution is 5.85. The molecule has 1 aromatic carbocycles. The molecule has 2 heterocycles. The van der Waals surface area contributed by atoms with Crippen molar-refractivity contribution in [2.24, 2.45) is 7.05 Å². The number of rotatable bonds is 7. The van der Waals surface area contributed by atoms with Gasteiger partial charge in [-0.25, -0.2) is 9.97 Å². The molecule has 1 N–H and O–H groups in total. The lowest BCUT2D eigenvalue weighted by Crippen LogP contribution is -2.06. The molecule has 0 fully saturated rings. The maximum Gasteiger partial charge on any atom is 0.387 e. The molecule has 0 saturated heterocycles. The molecule has 0 aliphatic carbocycles. The lowest BCUT2D eigenvalue weighted by molar-refractivity contribution is -0.0514. The Morgan fingerprint density at radius 3 is 2.84 bits per heavy atom. The number of fused-ring (bicyclic) bond motifs is 1. The van der Waals surface area contributed by atoms with Crippen LogP contribution in [0.1, 0.15) is 12.5 Å².